The molecule has 1 aliphatic rings. The van der Waals surface area contributed by atoms with E-state index in [1.54, 1.807) is 0 Å². The lowest BCUT2D eigenvalue weighted by Gasteiger charge is -2.14. The molecule has 0 N–H and O–H groups in total. The van der Waals surface area contributed by atoms with Gasteiger partial charge in [0.15, 0.2) is 5.82 Å². The maximum atomic E-state index is 5.74. The third kappa shape index (κ3) is 2.41. The summed E-state index contributed by atoms with van der Waals surface area (Å²) in [5.41, 5.74) is 0. The number of hydrogen-bond acceptors (Lipinski definition) is 3. The standard InChI is InChI=1S/C13H14BrN3O/c14-10-4-3-5-11(8-10)18-9-13-16-15-12-6-1-2-7-17(12)13/h3-5,8H,1-2,6-7,9H2. The van der Waals surface area contributed by atoms with Crippen molar-refractivity contribution in [1.29, 1.82) is 0 Å². The van der Waals surface area contributed by atoms with E-state index >= 15 is 0 Å². The molecule has 0 bridgehead atoms. The van der Waals surface area contributed by atoms with Gasteiger partial charge in [-0.15, -0.1) is 10.2 Å². The predicted molar refractivity (Wildman–Crippen MR) is 71.4 cm³/mol. The number of aromatic nitrogens is 3. The molecule has 18 heavy (non-hydrogen) atoms. The van der Waals surface area contributed by atoms with E-state index in [1.165, 1.54) is 12.8 Å². The molecule has 1 aromatic heterocycles. The first-order valence-electron chi connectivity index (χ1n) is 6.12. The SMILES string of the molecule is Brc1cccc(OCc2nnc3n2CCCC3)c1. The smallest absolute Gasteiger partial charge is 0.171 e. The Labute approximate surface area is 114 Å². The Bertz CT molecular complexity index is 553. The van der Waals surface area contributed by atoms with Gasteiger partial charge in [0.1, 0.15) is 18.2 Å². The van der Waals surface area contributed by atoms with E-state index in [0.717, 1.165) is 34.8 Å². The molecule has 0 atom stereocenters. The number of aryl methyl sites for hydroxylation is 1. The van der Waals surface area contributed by atoms with Crippen LogP contribution in [-0.2, 0) is 19.6 Å². The quantitative estimate of drug-likeness (QED) is 0.875. The van der Waals surface area contributed by atoms with E-state index in [4.69, 9.17) is 4.74 Å². The van der Waals surface area contributed by atoms with Crippen molar-refractivity contribution >= 4 is 15.9 Å². The largest absolute Gasteiger partial charge is 0.486 e. The van der Waals surface area contributed by atoms with Gasteiger partial charge < -0.3 is 9.30 Å². The lowest BCUT2D eigenvalue weighted by atomic mass is 10.2. The van der Waals surface area contributed by atoms with Crippen LogP contribution in [0.2, 0.25) is 0 Å². The molecule has 0 saturated carbocycles. The van der Waals surface area contributed by atoms with E-state index in [2.05, 4.69) is 30.7 Å². The maximum Gasteiger partial charge on any atom is 0.171 e. The number of rotatable bonds is 3. The first kappa shape index (κ1) is 11.7. The Morgan fingerprint density at radius 1 is 1.28 bits per heavy atom. The highest BCUT2D eigenvalue weighted by Gasteiger charge is 2.15. The van der Waals surface area contributed by atoms with E-state index in [9.17, 15) is 0 Å². The topological polar surface area (TPSA) is 39.9 Å². The highest BCUT2D eigenvalue weighted by molar-refractivity contribution is 9.10. The van der Waals surface area contributed by atoms with Gasteiger partial charge in [-0.1, -0.05) is 22.0 Å². The van der Waals surface area contributed by atoms with Crippen LogP contribution >= 0.6 is 15.9 Å². The summed E-state index contributed by atoms with van der Waals surface area (Å²) in [4.78, 5) is 0. The Morgan fingerprint density at radius 2 is 2.22 bits per heavy atom. The normalized spacial score (nSPS) is 14.3. The summed E-state index contributed by atoms with van der Waals surface area (Å²) in [6.45, 7) is 1.49. The van der Waals surface area contributed by atoms with Crippen LogP contribution in [0.25, 0.3) is 0 Å². The van der Waals surface area contributed by atoms with E-state index < -0.39 is 0 Å². The minimum atomic E-state index is 0.476. The van der Waals surface area contributed by atoms with Crippen molar-refractivity contribution in [2.24, 2.45) is 0 Å². The van der Waals surface area contributed by atoms with Crippen molar-refractivity contribution in [1.82, 2.24) is 14.8 Å². The summed E-state index contributed by atoms with van der Waals surface area (Å²) >= 11 is 3.43. The molecular weight excluding hydrogens is 294 g/mol. The molecule has 94 valence electrons. The lowest BCUT2D eigenvalue weighted by molar-refractivity contribution is 0.286. The second-order valence-electron chi connectivity index (χ2n) is 4.39. The first-order valence-corrected chi connectivity index (χ1v) is 6.91. The van der Waals surface area contributed by atoms with Crippen LogP contribution in [0.5, 0.6) is 5.75 Å². The Hall–Kier alpha value is -1.36. The van der Waals surface area contributed by atoms with Crippen molar-refractivity contribution in [3.8, 4) is 5.75 Å². The summed E-state index contributed by atoms with van der Waals surface area (Å²) < 4.78 is 8.94. The van der Waals surface area contributed by atoms with Crippen LogP contribution in [0.4, 0.5) is 0 Å². The van der Waals surface area contributed by atoms with Crippen molar-refractivity contribution in [3.63, 3.8) is 0 Å². The lowest BCUT2D eigenvalue weighted by Crippen LogP contribution is -2.14. The molecule has 5 heteroatoms. The second kappa shape index (κ2) is 5.10. The molecule has 0 radical (unpaired) electrons. The molecule has 1 aliphatic heterocycles. The van der Waals surface area contributed by atoms with Gasteiger partial charge in [-0.3, -0.25) is 0 Å². The fraction of sp³-hybridized carbons (Fsp3) is 0.385. The van der Waals surface area contributed by atoms with Gasteiger partial charge in [0.2, 0.25) is 0 Å². The van der Waals surface area contributed by atoms with Gasteiger partial charge in [0.25, 0.3) is 0 Å². The van der Waals surface area contributed by atoms with E-state index in [1.807, 2.05) is 24.3 Å². The zero-order valence-corrected chi connectivity index (χ0v) is 11.6. The van der Waals surface area contributed by atoms with Gasteiger partial charge >= 0.3 is 0 Å². The van der Waals surface area contributed by atoms with Gasteiger partial charge in [-0.2, -0.15) is 0 Å². The van der Waals surface area contributed by atoms with Crippen LogP contribution in [-0.4, -0.2) is 14.8 Å². The van der Waals surface area contributed by atoms with Crippen LogP contribution in [0.1, 0.15) is 24.5 Å². The molecule has 0 aliphatic carbocycles. The summed E-state index contributed by atoms with van der Waals surface area (Å²) in [5, 5.41) is 8.42. The Morgan fingerprint density at radius 3 is 3.11 bits per heavy atom. The first-order chi connectivity index (χ1) is 8.83. The molecule has 4 nitrogen and oxygen atoms in total. The number of benzene rings is 1. The van der Waals surface area contributed by atoms with Crippen LogP contribution in [0.3, 0.4) is 0 Å². The molecule has 3 rings (SSSR count). The van der Waals surface area contributed by atoms with Gasteiger partial charge in [-0.05, 0) is 31.0 Å². The second-order valence-corrected chi connectivity index (χ2v) is 5.30. The zero-order chi connectivity index (χ0) is 12.4. The average Bonchev–Trinajstić information content (AvgIpc) is 2.80. The summed E-state index contributed by atoms with van der Waals surface area (Å²) in [6, 6.07) is 7.83. The minimum absolute atomic E-state index is 0.476. The molecule has 0 spiro atoms. The monoisotopic (exact) mass is 307 g/mol. The molecule has 2 heterocycles. The zero-order valence-electron chi connectivity index (χ0n) is 9.97. The van der Waals surface area contributed by atoms with Gasteiger partial charge in [0, 0.05) is 17.4 Å². The highest BCUT2D eigenvalue weighted by Crippen LogP contribution is 2.20. The number of halogens is 1. The number of hydrogen-bond donors (Lipinski definition) is 0. The van der Waals surface area contributed by atoms with Crippen molar-refractivity contribution in [2.75, 3.05) is 0 Å². The third-order valence-electron chi connectivity index (χ3n) is 3.10. The Kier molecular flexibility index (Phi) is 3.32. The number of nitrogens with zero attached hydrogens (tertiary/aromatic N) is 3. The van der Waals surface area contributed by atoms with Crippen LogP contribution < -0.4 is 4.74 Å². The number of ether oxygens (including phenoxy) is 1. The summed E-state index contributed by atoms with van der Waals surface area (Å²) in [5.74, 6) is 2.86. The van der Waals surface area contributed by atoms with Gasteiger partial charge in [0.05, 0.1) is 0 Å². The molecule has 0 amide bonds. The van der Waals surface area contributed by atoms with Crippen LogP contribution in [0.15, 0.2) is 28.7 Å². The molecule has 0 fully saturated rings. The average molecular weight is 308 g/mol. The van der Waals surface area contributed by atoms with Crippen molar-refractivity contribution in [3.05, 3.63) is 40.4 Å². The van der Waals surface area contributed by atoms with E-state index in [0.29, 0.717) is 6.61 Å². The molecule has 0 unspecified atom stereocenters. The highest BCUT2D eigenvalue weighted by atomic mass is 79.9. The fourth-order valence-electron chi connectivity index (χ4n) is 2.18. The third-order valence-corrected chi connectivity index (χ3v) is 3.59. The maximum absolute atomic E-state index is 5.74. The molecule has 1 aromatic carbocycles. The van der Waals surface area contributed by atoms with Gasteiger partial charge in [-0.25, -0.2) is 0 Å². The Balaban J connectivity index is 1.72. The molecule has 2 aromatic rings. The summed E-state index contributed by atoms with van der Waals surface area (Å²) in [6.07, 6.45) is 3.45. The fourth-order valence-corrected chi connectivity index (χ4v) is 2.56. The van der Waals surface area contributed by atoms with E-state index in [-0.39, 0.29) is 0 Å². The predicted octanol–water partition coefficient (Wildman–Crippen LogP) is 2.96. The van der Waals surface area contributed by atoms with Crippen molar-refractivity contribution < 1.29 is 4.74 Å². The molecular formula is C13H14BrN3O. The minimum Gasteiger partial charge on any atom is -0.486 e. The summed E-state index contributed by atoms with van der Waals surface area (Å²) in [7, 11) is 0. The van der Waals surface area contributed by atoms with Crippen molar-refractivity contribution in [2.45, 2.75) is 32.4 Å². The molecule has 0 saturated heterocycles. The number of fused-ring (bicyclic) bond motifs is 1. The van der Waals surface area contributed by atoms with Crippen LogP contribution in [0, 0.1) is 0 Å².